The zero-order chi connectivity index (χ0) is 20.5. The summed E-state index contributed by atoms with van der Waals surface area (Å²) in [6.45, 7) is 3.92. The minimum absolute atomic E-state index is 0.0393. The van der Waals surface area contributed by atoms with Gasteiger partial charge in [0.2, 0.25) is 0 Å². The fourth-order valence-corrected chi connectivity index (χ4v) is 3.73. The van der Waals surface area contributed by atoms with E-state index in [4.69, 9.17) is 12.2 Å². The number of carbonyl (C=O) groups excluding carboxylic acids is 2. The molecule has 0 unspecified atom stereocenters. The van der Waals surface area contributed by atoms with Gasteiger partial charge in [0.1, 0.15) is 5.57 Å². The molecule has 7 heteroatoms. The van der Waals surface area contributed by atoms with Gasteiger partial charge in [-0.15, -0.1) is 0 Å². The Kier molecular flexibility index (Phi) is 4.82. The summed E-state index contributed by atoms with van der Waals surface area (Å²) in [4.78, 5) is 31.1. The van der Waals surface area contributed by atoms with Crippen molar-refractivity contribution < 1.29 is 9.59 Å². The van der Waals surface area contributed by atoms with Crippen molar-refractivity contribution in [2.45, 2.75) is 13.8 Å². The number of thiocarbonyl (C=S) groups is 1. The Morgan fingerprint density at radius 3 is 2.38 bits per heavy atom. The highest BCUT2D eigenvalue weighted by atomic mass is 32.1. The average molecular weight is 402 g/mol. The molecule has 0 aliphatic carbocycles. The van der Waals surface area contributed by atoms with Gasteiger partial charge in [-0.2, -0.15) is 0 Å². The number of hydrogen-bond donors (Lipinski definition) is 1. The number of benzene rings is 1. The van der Waals surface area contributed by atoms with Gasteiger partial charge in [0.25, 0.3) is 11.8 Å². The van der Waals surface area contributed by atoms with Gasteiger partial charge in [0.15, 0.2) is 5.11 Å². The maximum absolute atomic E-state index is 13.1. The monoisotopic (exact) mass is 402 g/mol. The second-order valence-electron chi connectivity index (χ2n) is 6.66. The van der Waals surface area contributed by atoms with Crippen LogP contribution in [-0.4, -0.2) is 26.5 Å². The largest absolute Gasteiger partial charge is 0.318 e. The van der Waals surface area contributed by atoms with Crippen LogP contribution in [0.4, 0.5) is 5.69 Å². The van der Waals surface area contributed by atoms with E-state index < -0.39 is 11.8 Å². The average Bonchev–Trinajstić information content (AvgIpc) is 2.99. The van der Waals surface area contributed by atoms with Crippen LogP contribution in [0.25, 0.3) is 11.8 Å². The quantitative estimate of drug-likeness (QED) is 0.415. The third-order valence-corrected chi connectivity index (χ3v) is 5.09. The number of hydrogen-bond acceptors (Lipinski definition) is 4. The van der Waals surface area contributed by atoms with Gasteiger partial charge in [0, 0.05) is 29.5 Å². The second kappa shape index (κ2) is 7.44. The maximum atomic E-state index is 13.1. The number of carbonyl (C=O) groups is 2. The second-order valence-corrected chi connectivity index (χ2v) is 7.05. The summed E-state index contributed by atoms with van der Waals surface area (Å²) in [7, 11) is 0. The van der Waals surface area contributed by atoms with Crippen molar-refractivity contribution in [2.24, 2.45) is 0 Å². The summed E-state index contributed by atoms with van der Waals surface area (Å²) >= 11 is 5.23. The molecule has 4 rings (SSSR count). The Bertz CT molecular complexity index is 1150. The molecule has 0 atom stereocenters. The summed E-state index contributed by atoms with van der Waals surface area (Å²) in [5, 5.41) is 2.69. The Morgan fingerprint density at radius 1 is 1.00 bits per heavy atom. The highest BCUT2D eigenvalue weighted by molar-refractivity contribution is 7.80. The first-order chi connectivity index (χ1) is 14.0. The molecule has 6 nitrogen and oxygen atoms in total. The molecular weight excluding hydrogens is 384 g/mol. The first-order valence-electron chi connectivity index (χ1n) is 9.03. The van der Waals surface area contributed by atoms with Crippen molar-refractivity contribution in [1.29, 1.82) is 0 Å². The van der Waals surface area contributed by atoms with E-state index in [2.05, 4.69) is 14.9 Å². The van der Waals surface area contributed by atoms with Gasteiger partial charge < -0.3 is 4.57 Å². The van der Waals surface area contributed by atoms with E-state index in [1.165, 1.54) is 4.90 Å². The van der Waals surface area contributed by atoms with Crippen LogP contribution in [0.15, 0.2) is 66.5 Å². The standard InChI is InChI=1S/C22H18N4O2S/c1-14-12-16(15(2)25(14)18-8-10-23-11-9-18)13-19-20(27)24-22(29)26(21(19)28)17-6-4-3-5-7-17/h3-13H,1-2H3,(H,24,27,29)/b19-13+. The topological polar surface area (TPSA) is 67.2 Å². The van der Waals surface area contributed by atoms with Gasteiger partial charge in [-0.3, -0.25) is 24.8 Å². The Morgan fingerprint density at radius 2 is 1.69 bits per heavy atom. The minimum atomic E-state index is -0.499. The molecule has 1 aliphatic heterocycles. The highest BCUT2D eigenvalue weighted by Gasteiger charge is 2.34. The van der Waals surface area contributed by atoms with Gasteiger partial charge in [-0.1, -0.05) is 18.2 Å². The van der Waals surface area contributed by atoms with Crippen molar-refractivity contribution in [2.75, 3.05) is 4.90 Å². The van der Waals surface area contributed by atoms with Gasteiger partial charge >= 0.3 is 0 Å². The van der Waals surface area contributed by atoms with Crippen molar-refractivity contribution in [3.8, 4) is 5.69 Å². The van der Waals surface area contributed by atoms with Gasteiger partial charge in [-0.25, -0.2) is 0 Å². The van der Waals surface area contributed by atoms with Crippen LogP contribution in [0.1, 0.15) is 17.0 Å². The maximum Gasteiger partial charge on any atom is 0.270 e. The lowest BCUT2D eigenvalue weighted by atomic mass is 10.1. The molecule has 2 amide bonds. The van der Waals surface area contributed by atoms with Crippen LogP contribution in [-0.2, 0) is 9.59 Å². The number of pyridine rings is 1. The molecule has 3 aromatic rings. The third-order valence-electron chi connectivity index (χ3n) is 4.81. The fourth-order valence-electron chi connectivity index (χ4n) is 3.45. The fraction of sp³-hybridized carbons (Fsp3) is 0.0909. The molecule has 1 N–H and O–H groups in total. The van der Waals surface area contributed by atoms with Crippen molar-refractivity contribution in [3.63, 3.8) is 0 Å². The number of aryl methyl sites for hydroxylation is 1. The molecule has 0 saturated carbocycles. The lowest BCUT2D eigenvalue weighted by Crippen LogP contribution is -2.54. The lowest BCUT2D eigenvalue weighted by molar-refractivity contribution is -0.122. The summed E-state index contributed by atoms with van der Waals surface area (Å²) in [6.07, 6.45) is 5.07. The summed E-state index contributed by atoms with van der Waals surface area (Å²) in [5.74, 6) is -0.945. The number of aromatic nitrogens is 2. The SMILES string of the molecule is Cc1cc(/C=C2\C(=O)NC(=S)N(c3ccccc3)C2=O)c(C)n1-c1ccncc1. The molecule has 0 bridgehead atoms. The first kappa shape index (κ1) is 18.8. The Labute approximate surface area is 173 Å². The normalized spacial score (nSPS) is 15.7. The summed E-state index contributed by atoms with van der Waals surface area (Å²) in [6, 6.07) is 14.8. The number of anilines is 1. The van der Waals surface area contributed by atoms with E-state index >= 15 is 0 Å². The first-order valence-corrected chi connectivity index (χ1v) is 9.44. The van der Waals surface area contributed by atoms with Crippen LogP contribution in [0.5, 0.6) is 0 Å². The Balaban J connectivity index is 1.77. The van der Waals surface area contributed by atoms with E-state index in [-0.39, 0.29) is 10.7 Å². The molecule has 29 heavy (non-hydrogen) atoms. The number of rotatable bonds is 3. The van der Waals surface area contributed by atoms with E-state index in [0.717, 1.165) is 22.6 Å². The molecule has 0 spiro atoms. The van der Waals surface area contributed by atoms with Crippen LogP contribution in [0, 0.1) is 13.8 Å². The predicted octanol–water partition coefficient (Wildman–Crippen LogP) is 3.32. The molecule has 1 aliphatic rings. The smallest absolute Gasteiger partial charge is 0.270 e. The zero-order valence-corrected chi connectivity index (χ0v) is 16.7. The number of para-hydroxylation sites is 1. The number of amides is 2. The van der Waals surface area contributed by atoms with Gasteiger partial charge in [-0.05, 0) is 68.0 Å². The van der Waals surface area contributed by atoms with Crippen LogP contribution < -0.4 is 10.2 Å². The van der Waals surface area contributed by atoms with Gasteiger partial charge in [0.05, 0.1) is 5.69 Å². The molecule has 1 aromatic carbocycles. The summed E-state index contributed by atoms with van der Waals surface area (Å²) in [5.41, 5.74) is 4.30. The van der Waals surface area contributed by atoms with Crippen LogP contribution in [0.3, 0.4) is 0 Å². The number of nitrogens with one attached hydrogen (secondary N) is 1. The van der Waals surface area contributed by atoms with Crippen molar-refractivity contribution >= 4 is 40.9 Å². The zero-order valence-electron chi connectivity index (χ0n) is 15.9. The molecule has 0 radical (unpaired) electrons. The van der Waals surface area contributed by atoms with Crippen LogP contribution in [0.2, 0.25) is 0 Å². The van der Waals surface area contributed by atoms with E-state index in [9.17, 15) is 9.59 Å². The van der Waals surface area contributed by atoms with Crippen LogP contribution >= 0.6 is 12.2 Å². The van der Waals surface area contributed by atoms with E-state index in [1.54, 1.807) is 30.6 Å². The van der Waals surface area contributed by atoms with Crippen molar-refractivity contribution in [1.82, 2.24) is 14.9 Å². The number of nitrogens with zero attached hydrogens (tertiary/aromatic N) is 3. The van der Waals surface area contributed by atoms with E-state index in [1.807, 2.05) is 50.2 Å². The molecule has 1 fully saturated rings. The van der Waals surface area contributed by atoms with Crippen molar-refractivity contribution in [3.05, 3.63) is 83.4 Å². The molecular formula is C22H18N4O2S. The third kappa shape index (κ3) is 3.36. The highest BCUT2D eigenvalue weighted by Crippen LogP contribution is 2.25. The predicted molar refractivity (Wildman–Crippen MR) is 116 cm³/mol. The van der Waals surface area contributed by atoms with E-state index in [0.29, 0.717) is 5.69 Å². The Hall–Kier alpha value is -3.58. The minimum Gasteiger partial charge on any atom is -0.318 e. The summed E-state index contributed by atoms with van der Waals surface area (Å²) < 4.78 is 2.05. The molecule has 3 heterocycles. The molecule has 144 valence electrons. The lowest BCUT2D eigenvalue weighted by Gasteiger charge is -2.28. The molecule has 1 saturated heterocycles. The molecule has 2 aromatic heterocycles.